The summed E-state index contributed by atoms with van der Waals surface area (Å²) in [5.41, 5.74) is 0. The second-order valence-electron chi connectivity index (χ2n) is 2.36. The molecule has 1 rings (SSSR count). The molecule has 0 saturated heterocycles. The fourth-order valence-electron chi connectivity index (χ4n) is 0.730. The van der Waals surface area contributed by atoms with Crippen molar-refractivity contribution in [3.05, 3.63) is 12.7 Å². The molecule has 82 valence electrons. The summed E-state index contributed by atoms with van der Waals surface area (Å²) < 4.78 is 31.6. The van der Waals surface area contributed by atoms with Crippen molar-refractivity contribution < 1.29 is 22.6 Å². The van der Waals surface area contributed by atoms with Crippen LogP contribution < -0.4 is 0 Å². The molecule has 3 N–H and O–H groups in total. The first-order chi connectivity index (χ1) is 6.34. The van der Waals surface area contributed by atoms with Crippen LogP contribution in [0.2, 0.25) is 0 Å². The van der Waals surface area contributed by atoms with Crippen LogP contribution in [0.3, 0.4) is 0 Å². The molecule has 0 aromatic rings. The maximum absolute atomic E-state index is 9.07. The van der Waals surface area contributed by atoms with Crippen molar-refractivity contribution in [1.29, 1.82) is 0 Å². The summed E-state index contributed by atoms with van der Waals surface area (Å²) in [6.45, 7) is 5.03. The second-order valence-corrected chi connectivity index (χ2v) is 3.25. The number of aliphatic imine (C=N–C) groups is 1. The van der Waals surface area contributed by atoms with Crippen molar-refractivity contribution in [2.45, 2.75) is 6.23 Å². The number of nitrogens with zero attached hydrogens (tertiary/aromatic N) is 2. The molecule has 14 heavy (non-hydrogen) atoms. The molecule has 1 unspecified atom stereocenters. The quantitative estimate of drug-likeness (QED) is 0.417. The van der Waals surface area contributed by atoms with Crippen molar-refractivity contribution in [1.82, 2.24) is 4.90 Å². The lowest BCUT2D eigenvalue weighted by Crippen LogP contribution is -2.30. The van der Waals surface area contributed by atoms with Crippen LogP contribution in [0.5, 0.6) is 0 Å². The standard InChI is InChI=1S/C6H10N2O.H2O4S/c1-2-6(9)8-4-3-7-5-8;1-5(2,3)4/h2,5-6,9H,1,3-4H2;(H2,1,2,3,4). The average Bonchev–Trinajstić information content (AvgIpc) is 2.51. The van der Waals surface area contributed by atoms with Crippen LogP contribution in [0, 0.1) is 0 Å². The Morgan fingerprint density at radius 2 is 2.07 bits per heavy atom. The third kappa shape index (κ3) is 7.68. The van der Waals surface area contributed by atoms with E-state index < -0.39 is 16.6 Å². The molecule has 8 heteroatoms. The number of hydrogen-bond donors (Lipinski definition) is 3. The predicted octanol–water partition coefficient (Wildman–Crippen LogP) is -0.818. The minimum Gasteiger partial charge on any atom is -0.370 e. The topological polar surface area (TPSA) is 110 Å². The number of aliphatic hydroxyl groups excluding tert-OH is 1. The highest BCUT2D eigenvalue weighted by atomic mass is 32.3. The van der Waals surface area contributed by atoms with E-state index in [1.807, 2.05) is 0 Å². The fourth-order valence-corrected chi connectivity index (χ4v) is 0.730. The zero-order valence-corrected chi connectivity index (χ0v) is 8.13. The molecular weight excluding hydrogens is 212 g/mol. The van der Waals surface area contributed by atoms with Gasteiger partial charge in [0.25, 0.3) is 0 Å². The number of aliphatic hydroxyl groups is 1. The molecule has 0 spiro atoms. The van der Waals surface area contributed by atoms with Gasteiger partial charge in [-0.15, -0.1) is 0 Å². The first-order valence-electron chi connectivity index (χ1n) is 3.61. The van der Waals surface area contributed by atoms with E-state index >= 15 is 0 Å². The summed E-state index contributed by atoms with van der Waals surface area (Å²) in [6, 6.07) is 0. The van der Waals surface area contributed by atoms with Crippen molar-refractivity contribution in [3.8, 4) is 0 Å². The molecule has 7 nitrogen and oxygen atoms in total. The lowest BCUT2D eigenvalue weighted by atomic mass is 10.5. The van der Waals surface area contributed by atoms with Crippen LogP contribution in [0.1, 0.15) is 0 Å². The molecule has 0 amide bonds. The summed E-state index contributed by atoms with van der Waals surface area (Å²) in [6.07, 6.45) is 2.57. The monoisotopic (exact) mass is 224 g/mol. The molecule has 0 bridgehead atoms. The Kier molecular flexibility index (Phi) is 5.31. The summed E-state index contributed by atoms with van der Waals surface area (Å²) in [4.78, 5) is 5.66. The lowest BCUT2D eigenvalue weighted by molar-refractivity contribution is 0.108. The van der Waals surface area contributed by atoms with Gasteiger partial charge in [-0.1, -0.05) is 6.58 Å². The molecule has 1 atom stereocenters. The van der Waals surface area contributed by atoms with Crippen LogP contribution in [-0.2, 0) is 10.4 Å². The van der Waals surface area contributed by atoms with Crippen LogP contribution >= 0.6 is 0 Å². The van der Waals surface area contributed by atoms with Crippen LogP contribution in [0.25, 0.3) is 0 Å². The molecule has 0 aromatic heterocycles. The smallest absolute Gasteiger partial charge is 0.370 e. The molecule has 1 aliphatic heterocycles. The van der Waals surface area contributed by atoms with E-state index in [-0.39, 0.29) is 0 Å². The van der Waals surface area contributed by atoms with Crippen molar-refractivity contribution in [2.24, 2.45) is 4.99 Å². The Hall–Kier alpha value is -0.960. The van der Waals surface area contributed by atoms with E-state index in [1.54, 1.807) is 11.2 Å². The van der Waals surface area contributed by atoms with E-state index in [0.717, 1.165) is 13.1 Å². The second kappa shape index (κ2) is 5.70. The molecular formula is C6H12N2O5S. The van der Waals surface area contributed by atoms with Gasteiger partial charge in [-0.25, -0.2) is 0 Å². The average molecular weight is 224 g/mol. The normalized spacial score (nSPS) is 17.2. The van der Waals surface area contributed by atoms with E-state index in [9.17, 15) is 0 Å². The van der Waals surface area contributed by atoms with Gasteiger partial charge in [0.1, 0.15) is 6.23 Å². The maximum atomic E-state index is 9.07. The summed E-state index contributed by atoms with van der Waals surface area (Å²) in [5.74, 6) is 0. The van der Waals surface area contributed by atoms with Crippen molar-refractivity contribution in [2.75, 3.05) is 13.1 Å². The lowest BCUT2D eigenvalue weighted by Gasteiger charge is -2.16. The van der Waals surface area contributed by atoms with Crippen molar-refractivity contribution >= 4 is 16.7 Å². The molecule has 0 aliphatic carbocycles. The third-order valence-corrected chi connectivity index (χ3v) is 1.27. The van der Waals surface area contributed by atoms with Crippen molar-refractivity contribution in [3.63, 3.8) is 0 Å². The molecule has 0 aromatic carbocycles. The van der Waals surface area contributed by atoms with E-state index in [4.69, 9.17) is 22.6 Å². The van der Waals surface area contributed by atoms with E-state index in [1.165, 1.54) is 6.08 Å². The Morgan fingerprint density at radius 3 is 2.36 bits per heavy atom. The van der Waals surface area contributed by atoms with Gasteiger partial charge in [-0.05, 0) is 6.08 Å². The minimum absolute atomic E-state index is 0.559. The zero-order valence-electron chi connectivity index (χ0n) is 7.31. The van der Waals surface area contributed by atoms with Crippen LogP contribution in [0.4, 0.5) is 0 Å². The highest BCUT2D eigenvalue weighted by Gasteiger charge is 2.10. The van der Waals surface area contributed by atoms with E-state index in [0.29, 0.717) is 0 Å². The van der Waals surface area contributed by atoms with Crippen LogP contribution in [-0.4, -0.2) is 53.2 Å². The van der Waals surface area contributed by atoms with Crippen LogP contribution in [0.15, 0.2) is 17.6 Å². The largest absolute Gasteiger partial charge is 0.394 e. The summed E-state index contributed by atoms with van der Waals surface area (Å²) >= 11 is 0. The van der Waals surface area contributed by atoms with E-state index in [2.05, 4.69) is 11.6 Å². The molecule has 0 fully saturated rings. The Morgan fingerprint density at radius 1 is 1.57 bits per heavy atom. The summed E-state index contributed by atoms with van der Waals surface area (Å²) in [5, 5.41) is 9.07. The van der Waals surface area contributed by atoms with Gasteiger partial charge in [-0.2, -0.15) is 8.42 Å². The highest BCUT2D eigenvalue weighted by molar-refractivity contribution is 7.79. The zero-order chi connectivity index (χ0) is 11.2. The Balaban J connectivity index is 0.000000292. The predicted molar refractivity (Wildman–Crippen MR) is 50.4 cm³/mol. The minimum atomic E-state index is -4.67. The highest BCUT2D eigenvalue weighted by Crippen LogP contribution is 1.98. The Labute approximate surface area is 82.0 Å². The molecule has 0 radical (unpaired) electrons. The number of hydrogen-bond acceptors (Lipinski definition) is 5. The van der Waals surface area contributed by atoms with Gasteiger partial charge in [0.05, 0.1) is 12.9 Å². The first kappa shape index (κ1) is 13.0. The number of rotatable bonds is 2. The van der Waals surface area contributed by atoms with Gasteiger partial charge in [-0.3, -0.25) is 14.1 Å². The van der Waals surface area contributed by atoms with Gasteiger partial charge in [0.2, 0.25) is 0 Å². The van der Waals surface area contributed by atoms with Gasteiger partial charge < -0.3 is 10.0 Å². The van der Waals surface area contributed by atoms with Gasteiger partial charge in [0.15, 0.2) is 0 Å². The SMILES string of the molecule is C=CC(O)N1C=NCC1.O=S(=O)(O)O. The Bertz CT molecular complexity index is 291. The molecule has 1 heterocycles. The van der Waals surface area contributed by atoms with Gasteiger partial charge in [0, 0.05) is 6.54 Å². The maximum Gasteiger partial charge on any atom is 0.394 e. The molecule has 0 saturated carbocycles. The third-order valence-electron chi connectivity index (χ3n) is 1.27. The summed E-state index contributed by atoms with van der Waals surface area (Å²) in [7, 11) is -4.67. The van der Waals surface area contributed by atoms with Gasteiger partial charge >= 0.3 is 10.4 Å². The first-order valence-corrected chi connectivity index (χ1v) is 5.00. The fraction of sp³-hybridized carbons (Fsp3) is 0.500. The molecule has 1 aliphatic rings.